The molecule has 4 heteroatoms. The molecule has 0 aliphatic heterocycles. The van der Waals surface area contributed by atoms with Gasteiger partial charge in [-0.15, -0.1) is 0 Å². The highest BCUT2D eigenvalue weighted by Gasteiger charge is 2.18. The monoisotopic (exact) mass is 281 g/mol. The fourth-order valence-corrected chi connectivity index (χ4v) is 2.07. The highest BCUT2D eigenvalue weighted by molar-refractivity contribution is 5.96. The molecule has 0 amide bonds. The molecule has 0 atom stereocenters. The van der Waals surface area contributed by atoms with Gasteiger partial charge in [-0.2, -0.15) is 0 Å². The summed E-state index contributed by atoms with van der Waals surface area (Å²) >= 11 is 0. The number of benzene rings is 1. The van der Waals surface area contributed by atoms with Crippen LogP contribution in [0.5, 0.6) is 0 Å². The molecule has 0 bridgehead atoms. The van der Waals surface area contributed by atoms with Crippen LogP contribution in [0.25, 0.3) is 0 Å². The Morgan fingerprint density at radius 3 is 2.55 bits per heavy atom. The van der Waals surface area contributed by atoms with E-state index in [0.29, 0.717) is 30.6 Å². The van der Waals surface area contributed by atoms with Gasteiger partial charge in [-0.05, 0) is 38.9 Å². The van der Waals surface area contributed by atoms with E-state index in [1.165, 1.54) is 6.07 Å². The van der Waals surface area contributed by atoms with E-state index in [1.807, 2.05) is 11.8 Å². The highest BCUT2D eigenvalue weighted by Crippen LogP contribution is 2.12. The van der Waals surface area contributed by atoms with Gasteiger partial charge in [0.15, 0.2) is 5.78 Å². The third-order valence-corrected chi connectivity index (χ3v) is 3.21. The summed E-state index contributed by atoms with van der Waals surface area (Å²) in [6, 6.07) is 4.58. The van der Waals surface area contributed by atoms with Crippen LogP contribution in [0, 0.1) is 12.7 Å². The van der Waals surface area contributed by atoms with Gasteiger partial charge in [-0.1, -0.05) is 19.1 Å². The van der Waals surface area contributed by atoms with E-state index in [1.54, 1.807) is 32.9 Å². The maximum Gasteiger partial charge on any atom is 0.164 e. The molecule has 3 nitrogen and oxygen atoms in total. The lowest BCUT2D eigenvalue weighted by Crippen LogP contribution is -2.39. The molecule has 0 unspecified atom stereocenters. The van der Waals surface area contributed by atoms with Crippen LogP contribution in [0.4, 0.5) is 4.39 Å². The third kappa shape index (κ3) is 5.39. The summed E-state index contributed by atoms with van der Waals surface area (Å²) in [6.45, 7) is 8.99. The summed E-state index contributed by atoms with van der Waals surface area (Å²) in [5.74, 6) is -0.419. The molecule has 0 saturated heterocycles. The van der Waals surface area contributed by atoms with Crippen LogP contribution in [-0.2, 0) is 0 Å². The van der Waals surface area contributed by atoms with Crippen LogP contribution >= 0.6 is 0 Å². The van der Waals surface area contributed by atoms with Gasteiger partial charge in [0.25, 0.3) is 0 Å². The standard InChI is InChI=1S/C16H24FNO2/c1-5-18(11-16(3,4)20)9-8-15(19)13-7-6-12(2)14(17)10-13/h6-7,10,20H,5,8-9,11H2,1-4H3. The first-order chi connectivity index (χ1) is 9.23. The van der Waals surface area contributed by atoms with E-state index < -0.39 is 5.60 Å². The number of likely N-dealkylation sites (N-methyl/N-ethyl adjacent to an activating group) is 1. The minimum absolute atomic E-state index is 0.0712. The van der Waals surface area contributed by atoms with Gasteiger partial charge in [0, 0.05) is 25.1 Å². The van der Waals surface area contributed by atoms with Gasteiger partial charge < -0.3 is 10.0 Å². The highest BCUT2D eigenvalue weighted by atomic mass is 19.1. The van der Waals surface area contributed by atoms with Crippen LogP contribution in [0.3, 0.4) is 0 Å². The van der Waals surface area contributed by atoms with E-state index >= 15 is 0 Å². The lowest BCUT2D eigenvalue weighted by atomic mass is 10.0. The zero-order valence-corrected chi connectivity index (χ0v) is 12.7. The van der Waals surface area contributed by atoms with Crippen LogP contribution in [0.1, 0.15) is 43.1 Å². The molecule has 0 aliphatic carbocycles. The number of Topliss-reactive ketones (excluding diaryl/α,β-unsaturated/α-hetero) is 1. The largest absolute Gasteiger partial charge is 0.389 e. The zero-order chi connectivity index (χ0) is 15.3. The van der Waals surface area contributed by atoms with Crippen molar-refractivity contribution in [1.82, 2.24) is 4.90 Å². The summed E-state index contributed by atoms with van der Waals surface area (Å²) < 4.78 is 13.4. The zero-order valence-electron chi connectivity index (χ0n) is 12.7. The average Bonchev–Trinajstić information content (AvgIpc) is 2.36. The molecule has 0 saturated carbocycles. The lowest BCUT2D eigenvalue weighted by Gasteiger charge is -2.27. The number of carbonyl (C=O) groups is 1. The third-order valence-electron chi connectivity index (χ3n) is 3.21. The molecule has 20 heavy (non-hydrogen) atoms. The maximum absolute atomic E-state index is 13.4. The van der Waals surface area contributed by atoms with Crippen LogP contribution in [0.15, 0.2) is 18.2 Å². The normalized spacial score (nSPS) is 11.9. The van der Waals surface area contributed by atoms with Crippen molar-refractivity contribution in [2.24, 2.45) is 0 Å². The van der Waals surface area contributed by atoms with Crippen molar-refractivity contribution >= 4 is 5.78 Å². The Morgan fingerprint density at radius 1 is 1.40 bits per heavy atom. The smallest absolute Gasteiger partial charge is 0.164 e. The molecule has 0 aliphatic rings. The molecule has 1 aromatic carbocycles. The van der Waals surface area contributed by atoms with E-state index in [-0.39, 0.29) is 11.6 Å². The fourth-order valence-electron chi connectivity index (χ4n) is 2.07. The van der Waals surface area contributed by atoms with Crippen molar-refractivity contribution in [2.45, 2.75) is 39.7 Å². The molecule has 0 aromatic heterocycles. The topological polar surface area (TPSA) is 40.5 Å². The van der Waals surface area contributed by atoms with Crippen molar-refractivity contribution in [3.8, 4) is 0 Å². The Hall–Kier alpha value is -1.26. The molecule has 1 N–H and O–H groups in total. The molecule has 0 radical (unpaired) electrons. The van der Waals surface area contributed by atoms with E-state index in [0.717, 1.165) is 6.54 Å². The first kappa shape index (κ1) is 16.8. The molecule has 1 rings (SSSR count). The Labute approximate surface area is 120 Å². The number of aliphatic hydroxyl groups is 1. The molecule has 0 fully saturated rings. The van der Waals surface area contributed by atoms with Crippen molar-refractivity contribution < 1.29 is 14.3 Å². The SMILES string of the molecule is CCN(CCC(=O)c1ccc(C)c(F)c1)CC(C)(C)O. The average molecular weight is 281 g/mol. The number of carbonyl (C=O) groups excluding carboxylic acids is 1. The summed E-state index contributed by atoms with van der Waals surface area (Å²) in [7, 11) is 0. The minimum atomic E-state index is -0.783. The number of rotatable bonds is 7. The van der Waals surface area contributed by atoms with E-state index in [2.05, 4.69) is 0 Å². The number of aryl methyl sites for hydroxylation is 1. The number of nitrogens with zero attached hydrogens (tertiary/aromatic N) is 1. The number of halogens is 1. The number of ketones is 1. The second kappa shape index (κ2) is 6.95. The molecule has 1 aromatic rings. The molecule has 112 valence electrons. The van der Waals surface area contributed by atoms with Crippen molar-refractivity contribution in [3.63, 3.8) is 0 Å². The Morgan fingerprint density at radius 2 is 2.05 bits per heavy atom. The van der Waals surface area contributed by atoms with Crippen LogP contribution in [0.2, 0.25) is 0 Å². The van der Waals surface area contributed by atoms with E-state index in [4.69, 9.17) is 0 Å². The first-order valence-corrected chi connectivity index (χ1v) is 6.97. The van der Waals surface area contributed by atoms with Crippen LogP contribution < -0.4 is 0 Å². The summed E-state index contributed by atoms with van der Waals surface area (Å²) in [5, 5.41) is 9.79. The van der Waals surface area contributed by atoms with Gasteiger partial charge in [-0.3, -0.25) is 4.79 Å². The predicted molar refractivity (Wildman–Crippen MR) is 78.5 cm³/mol. The fraction of sp³-hybridized carbons (Fsp3) is 0.562. The summed E-state index contributed by atoms with van der Waals surface area (Å²) in [6.07, 6.45) is 0.326. The van der Waals surface area contributed by atoms with Crippen molar-refractivity contribution in [1.29, 1.82) is 0 Å². The van der Waals surface area contributed by atoms with Gasteiger partial charge in [0.1, 0.15) is 5.82 Å². The van der Waals surface area contributed by atoms with Gasteiger partial charge >= 0.3 is 0 Å². The lowest BCUT2D eigenvalue weighted by molar-refractivity contribution is 0.0371. The van der Waals surface area contributed by atoms with Gasteiger partial charge in [0.05, 0.1) is 5.60 Å². The number of hydrogen-bond donors (Lipinski definition) is 1. The number of hydrogen-bond acceptors (Lipinski definition) is 3. The van der Waals surface area contributed by atoms with Gasteiger partial charge in [-0.25, -0.2) is 4.39 Å². The van der Waals surface area contributed by atoms with Gasteiger partial charge in [0.2, 0.25) is 0 Å². The Bertz CT molecular complexity index is 466. The van der Waals surface area contributed by atoms with Crippen molar-refractivity contribution in [2.75, 3.05) is 19.6 Å². The first-order valence-electron chi connectivity index (χ1n) is 6.97. The predicted octanol–water partition coefficient (Wildman–Crippen LogP) is 2.80. The summed E-state index contributed by atoms with van der Waals surface area (Å²) in [4.78, 5) is 14.1. The second-order valence-corrected chi connectivity index (χ2v) is 5.82. The molecular formula is C16H24FNO2. The van der Waals surface area contributed by atoms with E-state index in [9.17, 15) is 14.3 Å². The molecule has 0 heterocycles. The Kier molecular flexibility index (Phi) is 5.84. The molecular weight excluding hydrogens is 257 g/mol. The molecule has 0 spiro atoms. The Balaban J connectivity index is 2.59. The summed E-state index contributed by atoms with van der Waals surface area (Å²) in [5.41, 5.74) is 0.167. The quantitative estimate of drug-likeness (QED) is 0.781. The minimum Gasteiger partial charge on any atom is -0.389 e. The maximum atomic E-state index is 13.4. The second-order valence-electron chi connectivity index (χ2n) is 5.82. The van der Waals surface area contributed by atoms with Crippen LogP contribution in [-0.4, -0.2) is 41.0 Å². The van der Waals surface area contributed by atoms with Crippen molar-refractivity contribution in [3.05, 3.63) is 35.1 Å².